The van der Waals surface area contributed by atoms with E-state index in [-0.39, 0.29) is 12.2 Å². The zero-order valence-electron chi connectivity index (χ0n) is 11.8. The summed E-state index contributed by atoms with van der Waals surface area (Å²) < 4.78 is 37.2. The first-order chi connectivity index (χ1) is 9.44. The highest BCUT2D eigenvalue weighted by Gasteiger charge is 2.52. The molecule has 0 spiro atoms. The monoisotopic (exact) mass is 296 g/mol. The second kappa shape index (κ2) is 4.83. The van der Waals surface area contributed by atoms with Crippen LogP contribution in [0, 0.1) is 0 Å². The van der Waals surface area contributed by atoms with Crippen molar-refractivity contribution in [3.63, 3.8) is 0 Å². The lowest BCUT2D eigenvalue weighted by Gasteiger charge is -2.33. The van der Waals surface area contributed by atoms with E-state index in [9.17, 15) is 8.42 Å². The molecule has 0 aliphatic carbocycles. The highest BCUT2D eigenvalue weighted by Crippen LogP contribution is 2.43. The van der Waals surface area contributed by atoms with Crippen molar-refractivity contribution in [1.82, 2.24) is 0 Å². The van der Waals surface area contributed by atoms with Gasteiger partial charge in [0.1, 0.15) is 0 Å². The van der Waals surface area contributed by atoms with Crippen molar-refractivity contribution in [2.24, 2.45) is 0 Å². The summed E-state index contributed by atoms with van der Waals surface area (Å²) in [5.74, 6) is -0.754. The van der Waals surface area contributed by atoms with E-state index in [1.54, 1.807) is 24.3 Å². The second-order valence-corrected chi connectivity index (χ2v) is 8.00. The van der Waals surface area contributed by atoms with E-state index in [1.165, 1.54) is 0 Å². The summed E-state index contributed by atoms with van der Waals surface area (Å²) in [5.41, 5.74) is 0. The van der Waals surface area contributed by atoms with Crippen molar-refractivity contribution >= 4 is 9.84 Å². The third kappa shape index (κ3) is 2.28. The highest BCUT2D eigenvalue weighted by molar-refractivity contribution is 7.92. The lowest BCUT2D eigenvalue weighted by Crippen LogP contribution is -2.41. The fraction of sp³-hybridized carbons (Fsp3) is 0.600. The summed E-state index contributed by atoms with van der Waals surface area (Å²) in [7, 11) is -3.32. The van der Waals surface area contributed by atoms with Gasteiger partial charge in [-0.3, -0.25) is 0 Å². The van der Waals surface area contributed by atoms with E-state index in [0.717, 1.165) is 6.42 Å². The molecule has 3 rings (SSSR count). The number of ether oxygens (including phenoxy) is 2. The minimum absolute atomic E-state index is 0.0102. The molecule has 2 heterocycles. The van der Waals surface area contributed by atoms with Gasteiger partial charge < -0.3 is 9.47 Å². The van der Waals surface area contributed by atoms with E-state index in [2.05, 4.69) is 0 Å². The Hall–Kier alpha value is -0.910. The molecule has 4 atom stereocenters. The molecule has 0 radical (unpaired) electrons. The Bertz CT molecular complexity index is 583. The van der Waals surface area contributed by atoms with Gasteiger partial charge in [0.2, 0.25) is 0 Å². The molecule has 0 saturated carbocycles. The molecule has 110 valence electrons. The molecule has 2 saturated heterocycles. The predicted molar refractivity (Wildman–Crippen MR) is 75.1 cm³/mol. The van der Waals surface area contributed by atoms with Gasteiger partial charge in [0.25, 0.3) is 0 Å². The molecule has 5 heteroatoms. The normalized spacial score (nSPS) is 37.0. The van der Waals surface area contributed by atoms with Crippen molar-refractivity contribution in [3.8, 4) is 0 Å². The van der Waals surface area contributed by atoms with Gasteiger partial charge in [0.05, 0.1) is 22.4 Å². The molecule has 3 unspecified atom stereocenters. The van der Waals surface area contributed by atoms with Crippen LogP contribution in [0.4, 0.5) is 0 Å². The van der Waals surface area contributed by atoms with Crippen molar-refractivity contribution in [2.75, 3.05) is 0 Å². The first-order valence-electron chi connectivity index (χ1n) is 7.09. The summed E-state index contributed by atoms with van der Waals surface area (Å²) >= 11 is 0. The third-order valence-corrected chi connectivity index (χ3v) is 6.39. The van der Waals surface area contributed by atoms with Crippen LogP contribution in [0.25, 0.3) is 0 Å². The van der Waals surface area contributed by atoms with Crippen LogP contribution < -0.4 is 0 Å². The van der Waals surface area contributed by atoms with Gasteiger partial charge in [0, 0.05) is 6.42 Å². The van der Waals surface area contributed by atoms with Crippen molar-refractivity contribution in [1.29, 1.82) is 0 Å². The molecule has 0 N–H and O–H groups in total. The molecule has 0 amide bonds. The minimum atomic E-state index is -3.32. The van der Waals surface area contributed by atoms with Crippen LogP contribution in [0.3, 0.4) is 0 Å². The number of benzene rings is 1. The molecule has 1 aromatic carbocycles. The first-order valence-corrected chi connectivity index (χ1v) is 8.64. The Morgan fingerprint density at radius 2 is 1.95 bits per heavy atom. The van der Waals surface area contributed by atoms with Crippen LogP contribution in [0.2, 0.25) is 0 Å². The molecule has 0 aromatic heterocycles. The quantitative estimate of drug-likeness (QED) is 0.860. The Morgan fingerprint density at radius 3 is 2.60 bits per heavy atom. The van der Waals surface area contributed by atoms with E-state index >= 15 is 0 Å². The first kappa shape index (κ1) is 14.0. The second-order valence-electron chi connectivity index (χ2n) is 5.77. The average Bonchev–Trinajstić information content (AvgIpc) is 2.68. The minimum Gasteiger partial charge on any atom is -0.344 e. The average molecular weight is 296 g/mol. The largest absolute Gasteiger partial charge is 0.344 e. The zero-order valence-corrected chi connectivity index (χ0v) is 12.6. The summed E-state index contributed by atoms with van der Waals surface area (Å²) in [4.78, 5) is 0.392. The van der Waals surface area contributed by atoms with Crippen molar-refractivity contribution in [3.05, 3.63) is 30.3 Å². The van der Waals surface area contributed by atoms with Crippen LogP contribution in [0.15, 0.2) is 35.2 Å². The molecule has 2 aliphatic heterocycles. The maximum Gasteiger partial charge on any atom is 0.181 e. The van der Waals surface area contributed by atoms with Gasteiger partial charge in [0.15, 0.2) is 15.6 Å². The zero-order chi connectivity index (χ0) is 14.4. The van der Waals surface area contributed by atoms with Gasteiger partial charge in [-0.25, -0.2) is 8.42 Å². The molecule has 1 aromatic rings. The highest BCUT2D eigenvalue weighted by atomic mass is 32.2. The topological polar surface area (TPSA) is 52.6 Å². The lowest BCUT2D eigenvalue weighted by molar-refractivity contribution is -0.178. The van der Waals surface area contributed by atoms with Crippen LogP contribution in [-0.2, 0) is 19.3 Å². The van der Waals surface area contributed by atoms with E-state index in [0.29, 0.717) is 17.7 Å². The van der Waals surface area contributed by atoms with E-state index in [1.807, 2.05) is 19.9 Å². The molecular weight excluding hydrogens is 276 g/mol. The van der Waals surface area contributed by atoms with E-state index in [4.69, 9.17) is 9.47 Å². The molecule has 20 heavy (non-hydrogen) atoms. The molecule has 2 fully saturated rings. The maximum atomic E-state index is 12.7. The SMILES string of the molecule is CC[C@@H]1OC2(C)CC(S(=O)(=O)c3ccccc3)CC1O2. The van der Waals surface area contributed by atoms with Gasteiger partial charge in [-0.2, -0.15) is 0 Å². The summed E-state index contributed by atoms with van der Waals surface area (Å²) in [6.45, 7) is 3.89. The van der Waals surface area contributed by atoms with Gasteiger partial charge in [-0.15, -0.1) is 0 Å². The maximum absolute atomic E-state index is 12.7. The van der Waals surface area contributed by atoms with Gasteiger partial charge in [-0.05, 0) is 31.9 Å². The smallest absolute Gasteiger partial charge is 0.181 e. The lowest BCUT2D eigenvalue weighted by atomic mass is 10.0. The Balaban J connectivity index is 1.90. The summed E-state index contributed by atoms with van der Waals surface area (Å²) in [6, 6.07) is 8.66. The van der Waals surface area contributed by atoms with Gasteiger partial charge >= 0.3 is 0 Å². The third-order valence-electron chi connectivity index (χ3n) is 4.22. The fourth-order valence-corrected chi connectivity index (χ4v) is 5.14. The standard InChI is InChI=1S/C15H20O4S/c1-3-13-14-9-12(10-15(2,18-13)19-14)20(16,17)11-7-5-4-6-8-11/h4-8,12-14H,3,9-10H2,1-2H3/t12?,13-,14?,15?/m0/s1. The van der Waals surface area contributed by atoms with Crippen LogP contribution in [0.5, 0.6) is 0 Å². The van der Waals surface area contributed by atoms with Crippen molar-refractivity contribution < 1.29 is 17.9 Å². The van der Waals surface area contributed by atoms with Crippen LogP contribution >= 0.6 is 0 Å². The molecule has 2 aliphatic rings. The number of sulfone groups is 1. The summed E-state index contributed by atoms with van der Waals surface area (Å²) in [6.07, 6.45) is 1.67. The number of hydrogen-bond donors (Lipinski definition) is 0. The van der Waals surface area contributed by atoms with E-state index < -0.39 is 20.9 Å². The van der Waals surface area contributed by atoms with Crippen molar-refractivity contribution in [2.45, 2.75) is 61.3 Å². The fourth-order valence-electron chi connectivity index (χ4n) is 3.26. The predicted octanol–water partition coefficient (Wildman–Crippen LogP) is 2.53. The number of hydrogen-bond acceptors (Lipinski definition) is 4. The molecule has 2 bridgehead atoms. The number of fused-ring (bicyclic) bond motifs is 2. The van der Waals surface area contributed by atoms with Gasteiger partial charge in [-0.1, -0.05) is 25.1 Å². The Morgan fingerprint density at radius 1 is 1.25 bits per heavy atom. The summed E-state index contributed by atoms with van der Waals surface area (Å²) in [5, 5.41) is -0.426. The Kier molecular flexibility index (Phi) is 3.39. The Labute approximate surface area is 120 Å². The van der Waals surface area contributed by atoms with Crippen LogP contribution in [-0.4, -0.2) is 31.7 Å². The van der Waals surface area contributed by atoms with Crippen LogP contribution in [0.1, 0.15) is 33.1 Å². The number of rotatable bonds is 3. The molecule has 4 nitrogen and oxygen atoms in total. The molecular formula is C15H20O4S.